The maximum absolute atomic E-state index is 12.5. The van der Waals surface area contributed by atoms with Gasteiger partial charge in [-0.25, -0.2) is 4.79 Å². The van der Waals surface area contributed by atoms with E-state index in [0.717, 1.165) is 40.5 Å². The maximum Gasteiger partial charge on any atom is 0.336 e. The van der Waals surface area contributed by atoms with Crippen molar-refractivity contribution in [3.05, 3.63) is 93.0 Å². The summed E-state index contributed by atoms with van der Waals surface area (Å²) < 4.78 is 5.79. The van der Waals surface area contributed by atoms with Crippen LogP contribution in [-0.2, 0) is 12.8 Å². The zero-order valence-electron chi connectivity index (χ0n) is 15.4. The molecule has 1 unspecified atom stereocenters. The van der Waals surface area contributed by atoms with Crippen molar-refractivity contribution >= 4 is 16.5 Å². The fraction of sp³-hybridized carbons (Fsp3) is 0.280. The Morgan fingerprint density at radius 1 is 1.07 bits per heavy atom. The fourth-order valence-electron chi connectivity index (χ4n) is 5.06. The molecule has 2 aliphatic carbocycles. The van der Waals surface area contributed by atoms with Gasteiger partial charge in [0, 0.05) is 22.6 Å². The first-order valence-electron chi connectivity index (χ1n) is 9.84. The molecule has 0 fully saturated rings. The molecule has 0 spiro atoms. The Morgan fingerprint density at radius 3 is 2.63 bits per heavy atom. The first kappa shape index (κ1) is 16.4. The average Bonchev–Trinajstić information content (AvgIpc) is 2.70. The van der Waals surface area contributed by atoms with Gasteiger partial charge in [0.15, 0.2) is 0 Å². The number of hydrogen-bond acceptors (Lipinski definition) is 2. The molecule has 0 aliphatic heterocycles. The van der Waals surface area contributed by atoms with Crippen LogP contribution in [0.25, 0.3) is 16.5 Å². The van der Waals surface area contributed by atoms with Crippen LogP contribution >= 0.6 is 0 Å². The van der Waals surface area contributed by atoms with E-state index in [9.17, 15) is 4.79 Å². The molecule has 2 aliphatic rings. The highest BCUT2D eigenvalue weighted by Gasteiger charge is 2.29. The molecule has 0 radical (unpaired) electrons. The topological polar surface area (TPSA) is 30.2 Å². The molecule has 1 aromatic heterocycles. The highest BCUT2D eigenvalue weighted by atomic mass is 16.4. The van der Waals surface area contributed by atoms with E-state index in [2.05, 4.69) is 18.4 Å². The number of benzene rings is 2. The molecule has 0 N–H and O–H groups in total. The minimum atomic E-state index is -0.296. The smallest absolute Gasteiger partial charge is 0.336 e. The molecular formula is C25H22O2. The van der Waals surface area contributed by atoms with Gasteiger partial charge in [0.25, 0.3) is 0 Å². The molecule has 0 saturated heterocycles. The van der Waals surface area contributed by atoms with Crippen molar-refractivity contribution in [2.45, 2.75) is 44.4 Å². The summed E-state index contributed by atoms with van der Waals surface area (Å²) in [7, 11) is 0. The minimum Gasteiger partial charge on any atom is -0.422 e. The number of aryl methyl sites for hydroxylation is 2. The Labute approximate surface area is 158 Å². The van der Waals surface area contributed by atoms with Gasteiger partial charge in [0.1, 0.15) is 5.58 Å². The van der Waals surface area contributed by atoms with Gasteiger partial charge >= 0.3 is 5.63 Å². The van der Waals surface area contributed by atoms with Crippen LogP contribution < -0.4 is 5.63 Å². The molecule has 0 amide bonds. The fourth-order valence-corrected chi connectivity index (χ4v) is 5.06. The Morgan fingerprint density at radius 2 is 1.85 bits per heavy atom. The minimum absolute atomic E-state index is 0.296. The highest BCUT2D eigenvalue weighted by molar-refractivity contribution is 5.97. The van der Waals surface area contributed by atoms with Crippen molar-refractivity contribution in [2.75, 3.05) is 0 Å². The predicted octanol–water partition coefficient (Wildman–Crippen LogP) is 5.77. The summed E-state index contributed by atoms with van der Waals surface area (Å²) in [6, 6.07) is 13.9. The Kier molecular flexibility index (Phi) is 3.88. The largest absolute Gasteiger partial charge is 0.422 e. The van der Waals surface area contributed by atoms with Crippen molar-refractivity contribution < 1.29 is 4.42 Å². The second kappa shape index (κ2) is 6.40. The van der Waals surface area contributed by atoms with E-state index in [-0.39, 0.29) is 5.63 Å². The van der Waals surface area contributed by atoms with Gasteiger partial charge in [0.2, 0.25) is 0 Å². The van der Waals surface area contributed by atoms with Gasteiger partial charge < -0.3 is 4.42 Å². The van der Waals surface area contributed by atoms with E-state index >= 15 is 0 Å². The molecule has 1 heterocycles. The van der Waals surface area contributed by atoms with E-state index in [0.29, 0.717) is 5.92 Å². The van der Waals surface area contributed by atoms with Crippen LogP contribution in [0, 0.1) is 0 Å². The van der Waals surface area contributed by atoms with Crippen LogP contribution in [0.1, 0.15) is 59.4 Å². The lowest BCUT2D eigenvalue weighted by Gasteiger charge is -2.32. The summed E-state index contributed by atoms with van der Waals surface area (Å²) in [4.78, 5) is 12.5. The molecule has 134 valence electrons. The van der Waals surface area contributed by atoms with Gasteiger partial charge in [-0.2, -0.15) is 0 Å². The van der Waals surface area contributed by atoms with Gasteiger partial charge in [-0.1, -0.05) is 36.9 Å². The monoisotopic (exact) mass is 354 g/mol. The second-order valence-electron chi connectivity index (χ2n) is 7.68. The Balaban J connectivity index is 1.85. The zero-order chi connectivity index (χ0) is 18.4. The van der Waals surface area contributed by atoms with Crippen LogP contribution in [0.5, 0.6) is 0 Å². The Bertz CT molecular complexity index is 1140. The quantitative estimate of drug-likeness (QED) is 0.432. The predicted molar refractivity (Wildman–Crippen MR) is 109 cm³/mol. The third-order valence-corrected chi connectivity index (χ3v) is 6.16. The van der Waals surface area contributed by atoms with Crippen LogP contribution in [-0.4, -0.2) is 0 Å². The average molecular weight is 354 g/mol. The van der Waals surface area contributed by atoms with Crippen LogP contribution in [0.15, 0.2) is 64.0 Å². The third kappa shape index (κ3) is 2.60. The molecule has 2 nitrogen and oxygen atoms in total. The molecule has 1 atom stereocenters. The summed E-state index contributed by atoms with van der Waals surface area (Å²) in [5.41, 5.74) is 10.5. The highest BCUT2D eigenvalue weighted by Crippen LogP contribution is 2.45. The number of rotatable bonds is 2. The molecule has 0 bridgehead atoms. The third-order valence-electron chi connectivity index (χ3n) is 6.16. The molecule has 3 aromatic rings. The molecule has 0 saturated carbocycles. The van der Waals surface area contributed by atoms with Crippen LogP contribution in [0.4, 0.5) is 0 Å². The SMILES string of the molecule is C=C=C(c1ccccc1)c1cc(=O)oc2c3c4c(cc12)CCCC4CCC3. The van der Waals surface area contributed by atoms with Gasteiger partial charge in [0.05, 0.1) is 0 Å². The summed E-state index contributed by atoms with van der Waals surface area (Å²) in [6.07, 6.45) is 7.06. The van der Waals surface area contributed by atoms with Gasteiger partial charge in [-0.05, 0) is 72.8 Å². The molecule has 2 heteroatoms. The number of hydrogen-bond donors (Lipinski definition) is 0. The van der Waals surface area contributed by atoms with Crippen molar-refractivity contribution in [2.24, 2.45) is 0 Å². The molecular weight excluding hydrogens is 332 g/mol. The lowest BCUT2D eigenvalue weighted by atomic mass is 9.72. The Hall–Kier alpha value is -2.83. The lowest BCUT2D eigenvalue weighted by Crippen LogP contribution is -2.18. The van der Waals surface area contributed by atoms with Crippen LogP contribution in [0.2, 0.25) is 0 Å². The van der Waals surface area contributed by atoms with Crippen molar-refractivity contribution in [3.63, 3.8) is 0 Å². The van der Waals surface area contributed by atoms with E-state index in [4.69, 9.17) is 4.42 Å². The molecule has 5 rings (SSSR count). The van der Waals surface area contributed by atoms with E-state index in [1.54, 1.807) is 6.07 Å². The summed E-state index contributed by atoms with van der Waals surface area (Å²) in [5.74, 6) is 0.638. The first-order chi connectivity index (χ1) is 13.3. The van der Waals surface area contributed by atoms with E-state index < -0.39 is 0 Å². The summed E-state index contributed by atoms with van der Waals surface area (Å²) in [5, 5.41) is 1.03. The lowest BCUT2D eigenvalue weighted by molar-refractivity contribution is 0.470. The summed E-state index contributed by atoms with van der Waals surface area (Å²) >= 11 is 0. The number of fused-ring (bicyclic) bond motifs is 2. The maximum atomic E-state index is 12.5. The van der Waals surface area contributed by atoms with Crippen molar-refractivity contribution in [1.82, 2.24) is 0 Å². The standard InChI is InChI=1S/C25H22O2/c1-2-19(16-8-4-3-5-9-16)21-15-23(26)27-25-20-13-7-11-17-10-6-12-18(24(17)20)14-22(21)25/h3-5,8-9,14-15,17H,1,6-7,10-13H2. The second-order valence-corrected chi connectivity index (χ2v) is 7.68. The van der Waals surface area contributed by atoms with Crippen molar-refractivity contribution in [1.29, 1.82) is 0 Å². The van der Waals surface area contributed by atoms with Crippen molar-refractivity contribution in [3.8, 4) is 0 Å². The van der Waals surface area contributed by atoms with E-state index in [1.165, 1.54) is 42.4 Å². The van der Waals surface area contributed by atoms with Gasteiger partial charge in [-0.3, -0.25) is 0 Å². The molecule has 2 aromatic carbocycles. The normalized spacial score (nSPS) is 18.0. The van der Waals surface area contributed by atoms with Gasteiger partial charge in [-0.15, -0.1) is 5.73 Å². The van der Waals surface area contributed by atoms with Crippen LogP contribution in [0.3, 0.4) is 0 Å². The molecule has 27 heavy (non-hydrogen) atoms. The zero-order valence-corrected chi connectivity index (χ0v) is 15.4. The van der Waals surface area contributed by atoms with E-state index in [1.807, 2.05) is 30.3 Å². The summed E-state index contributed by atoms with van der Waals surface area (Å²) in [6.45, 7) is 3.91. The first-order valence-corrected chi connectivity index (χ1v) is 9.84.